The summed E-state index contributed by atoms with van der Waals surface area (Å²) in [6, 6.07) is 32.1. The molecule has 7 nitrogen and oxygen atoms in total. The van der Waals surface area contributed by atoms with Gasteiger partial charge in [0.05, 0.1) is 22.4 Å². The Morgan fingerprint density at radius 1 is 0.721 bits per heavy atom. The molecule has 1 aliphatic rings. The van der Waals surface area contributed by atoms with Gasteiger partial charge in [-0.2, -0.15) is 0 Å². The fraction of sp³-hybridized carbons (Fsp3) is 0.294. The lowest BCUT2D eigenvalue weighted by molar-refractivity contribution is -0.105. The molecule has 4 aromatic carbocycles. The average molecular weight is 621 g/mol. The van der Waals surface area contributed by atoms with Crippen molar-refractivity contribution in [3.05, 3.63) is 103 Å². The van der Waals surface area contributed by atoms with Crippen molar-refractivity contribution >= 4 is 32.4 Å². The maximum Gasteiger partial charge on any atom is 0.199 e. The third-order valence-corrected chi connectivity index (χ3v) is 10.0. The maximum absolute atomic E-state index is 10.4. The van der Waals surface area contributed by atoms with Gasteiger partial charge >= 0.3 is 0 Å². The van der Waals surface area contributed by atoms with E-state index in [0.29, 0.717) is 0 Å². The molecule has 1 fully saturated rings. The SMILES string of the molecule is CN(C)c1ccc([S+](c2ccc(OC3CCCCO3)cc2)c2ccc(N(C)C)cc2)cc1.Cc1ccc(S(=O)(=O)[O-])cc1. The van der Waals surface area contributed by atoms with Gasteiger partial charge in [0, 0.05) is 46.0 Å². The van der Waals surface area contributed by atoms with E-state index in [4.69, 9.17) is 9.47 Å². The molecule has 1 unspecified atom stereocenters. The predicted octanol–water partition coefficient (Wildman–Crippen LogP) is 6.72. The maximum atomic E-state index is 10.4. The third kappa shape index (κ3) is 9.24. The standard InChI is InChI=1S/C27H33N2O2S.C7H8O3S/c1-28(2)21-8-14-24(15-9-21)32(25-16-10-22(11-17-25)29(3)4)26-18-12-23(13-19-26)31-27-7-5-6-20-30-27;1-6-2-4-7(5-3-6)11(8,9)10/h8-19,27H,5-7,20H2,1-4H3;2-5H,1H3,(H,8,9,10)/q+1;/p-1. The molecule has 0 bridgehead atoms. The summed E-state index contributed by atoms with van der Waals surface area (Å²) >= 11 is 0. The minimum Gasteiger partial charge on any atom is -0.744 e. The van der Waals surface area contributed by atoms with Crippen LogP contribution in [0.2, 0.25) is 0 Å². The van der Waals surface area contributed by atoms with E-state index in [1.54, 1.807) is 12.1 Å². The topological polar surface area (TPSA) is 82.1 Å². The lowest BCUT2D eigenvalue weighted by Crippen LogP contribution is -2.24. The molecule has 0 saturated carbocycles. The summed E-state index contributed by atoms with van der Waals surface area (Å²) in [7, 11) is 3.83. The Balaban J connectivity index is 0.000000324. The quantitative estimate of drug-likeness (QED) is 0.160. The summed E-state index contributed by atoms with van der Waals surface area (Å²) in [5.74, 6) is 0.870. The number of anilines is 2. The van der Waals surface area contributed by atoms with Crippen LogP contribution in [0.3, 0.4) is 0 Å². The first kappa shape index (κ1) is 32.4. The van der Waals surface area contributed by atoms with Crippen molar-refractivity contribution in [2.45, 2.75) is 52.1 Å². The second-order valence-electron chi connectivity index (χ2n) is 10.7. The molecule has 1 heterocycles. The zero-order valence-electron chi connectivity index (χ0n) is 25.4. The Labute approximate surface area is 259 Å². The highest BCUT2D eigenvalue weighted by atomic mass is 32.2. The largest absolute Gasteiger partial charge is 0.744 e. The van der Waals surface area contributed by atoms with E-state index < -0.39 is 10.1 Å². The molecule has 0 aromatic heterocycles. The number of ether oxygens (including phenoxy) is 2. The van der Waals surface area contributed by atoms with Gasteiger partial charge in [-0.3, -0.25) is 0 Å². The number of benzene rings is 4. The monoisotopic (exact) mass is 620 g/mol. The minimum absolute atomic E-state index is 0.120. The van der Waals surface area contributed by atoms with Crippen LogP contribution < -0.4 is 14.5 Å². The van der Waals surface area contributed by atoms with Gasteiger partial charge in [0.15, 0.2) is 21.0 Å². The van der Waals surface area contributed by atoms with E-state index in [-0.39, 0.29) is 22.1 Å². The lowest BCUT2D eigenvalue weighted by Gasteiger charge is -2.23. The summed E-state index contributed by atoms with van der Waals surface area (Å²) in [5, 5.41) is 0. The first-order valence-electron chi connectivity index (χ1n) is 14.2. The Morgan fingerprint density at radius 2 is 1.19 bits per heavy atom. The van der Waals surface area contributed by atoms with Crippen LogP contribution in [0.4, 0.5) is 11.4 Å². The molecule has 1 aliphatic heterocycles. The van der Waals surface area contributed by atoms with Crippen molar-refractivity contribution in [1.82, 2.24) is 0 Å². The van der Waals surface area contributed by atoms with E-state index in [0.717, 1.165) is 37.2 Å². The molecule has 228 valence electrons. The molecule has 0 radical (unpaired) electrons. The minimum atomic E-state index is -4.27. The lowest BCUT2D eigenvalue weighted by atomic mass is 10.2. The molecule has 1 saturated heterocycles. The highest BCUT2D eigenvalue weighted by Gasteiger charge is 2.29. The van der Waals surface area contributed by atoms with E-state index in [2.05, 4.69) is 111 Å². The Morgan fingerprint density at radius 3 is 1.58 bits per heavy atom. The van der Waals surface area contributed by atoms with Gasteiger partial charge in [-0.05, 0) is 105 Å². The number of aryl methyl sites for hydroxylation is 1. The molecular weight excluding hydrogens is 581 g/mol. The Hall–Kier alpha value is -3.50. The smallest absolute Gasteiger partial charge is 0.199 e. The van der Waals surface area contributed by atoms with Gasteiger partial charge in [-0.15, -0.1) is 0 Å². The normalized spacial score (nSPS) is 14.9. The van der Waals surface area contributed by atoms with E-state index >= 15 is 0 Å². The van der Waals surface area contributed by atoms with Gasteiger partial charge < -0.3 is 23.8 Å². The molecular formula is C34H40N2O5S2. The van der Waals surface area contributed by atoms with Gasteiger partial charge in [-0.25, -0.2) is 8.42 Å². The molecule has 0 aliphatic carbocycles. The Kier molecular flexibility index (Phi) is 11.2. The van der Waals surface area contributed by atoms with Crippen molar-refractivity contribution in [1.29, 1.82) is 0 Å². The van der Waals surface area contributed by atoms with Crippen LogP contribution in [0.1, 0.15) is 24.8 Å². The van der Waals surface area contributed by atoms with Crippen molar-refractivity contribution in [2.24, 2.45) is 0 Å². The molecule has 4 aromatic rings. The van der Waals surface area contributed by atoms with Crippen LogP contribution in [0.5, 0.6) is 5.75 Å². The average Bonchev–Trinajstić information content (AvgIpc) is 2.99. The highest BCUT2D eigenvalue weighted by molar-refractivity contribution is 7.97. The van der Waals surface area contributed by atoms with Crippen LogP contribution in [-0.4, -0.2) is 54.1 Å². The molecule has 43 heavy (non-hydrogen) atoms. The van der Waals surface area contributed by atoms with Gasteiger partial charge in [-0.1, -0.05) is 17.7 Å². The zero-order valence-corrected chi connectivity index (χ0v) is 27.0. The highest BCUT2D eigenvalue weighted by Crippen LogP contribution is 2.34. The number of nitrogens with zero attached hydrogens (tertiary/aromatic N) is 2. The van der Waals surface area contributed by atoms with Crippen LogP contribution in [0.25, 0.3) is 0 Å². The summed E-state index contributed by atoms with van der Waals surface area (Å²) in [4.78, 5) is 7.97. The van der Waals surface area contributed by atoms with Crippen LogP contribution in [0, 0.1) is 6.92 Å². The summed E-state index contributed by atoms with van der Waals surface area (Å²) in [5.41, 5.74) is 3.34. The van der Waals surface area contributed by atoms with E-state index in [1.165, 1.54) is 38.2 Å². The number of hydrogen-bond acceptors (Lipinski definition) is 7. The second-order valence-corrected chi connectivity index (χ2v) is 14.1. The van der Waals surface area contributed by atoms with Crippen molar-refractivity contribution < 1.29 is 22.4 Å². The van der Waals surface area contributed by atoms with E-state index in [1.807, 2.05) is 6.92 Å². The summed E-state index contributed by atoms with van der Waals surface area (Å²) in [6.07, 6.45) is 3.13. The van der Waals surface area contributed by atoms with Crippen LogP contribution >= 0.6 is 0 Å². The molecule has 0 spiro atoms. The van der Waals surface area contributed by atoms with Crippen LogP contribution in [-0.2, 0) is 25.7 Å². The first-order valence-corrected chi connectivity index (χ1v) is 16.8. The molecule has 0 N–H and O–H groups in total. The zero-order chi connectivity index (χ0) is 31.0. The van der Waals surface area contributed by atoms with Crippen molar-refractivity contribution in [2.75, 3.05) is 44.6 Å². The molecule has 5 rings (SSSR count). The van der Waals surface area contributed by atoms with Crippen LogP contribution in [0.15, 0.2) is 117 Å². The molecule has 1 atom stereocenters. The number of rotatable bonds is 8. The summed E-state index contributed by atoms with van der Waals surface area (Å²) < 4.78 is 43.0. The van der Waals surface area contributed by atoms with Crippen molar-refractivity contribution in [3.63, 3.8) is 0 Å². The van der Waals surface area contributed by atoms with Gasteiger partial charge in [0.1, 0.15) is 15.9 Å². The number of hydrogen-bond donors (Lipinski definition) is 0. The second kappa shape index (κ2) is 14.8. The third-order valence-electron chi connectivity index (χ3n) is 6.95. The fourth-order valence-electron chi connectivity index (χ4n) is 4.48. The fourth-order valence-corrected chi connectivity index (χ4v) is 6.99. The van der Waals surface area contributed by atoms with Crippen molar-refractivity contribution in [3.8, 4) is 5.75 Å². The first-order chi connectivity index (χ1) is 20.5. The summed E-state index contributed by atoms with van der Waals surface area (Å²) in [6.45, 7) is 2.61. The molecule has 9 heteroatoms. The molecule has 0 amide bonds. The predicted molar refractivity (Wildman–Crippen MR) is 174 cm³/mol. The Bertz CT molecular complexity index is 1480. The van der Waals surface area contributed by atoms with Gasteiger partial charge in [0.25, 0.3) is 0 Å². The van der Waals surface area contributed by atoms with E-state index in [9.17, 15) is 13.0 Å². The van der Waals surface area contributed by atoms with Gasteiger partial charge in [0.2, 0.25) is 0 Å².